The summed E-state index contributed by atoms with van der Waals surface area (Å²) in [5.41, 5.74) is 0. The first-order valence-corrected chi connectivity index (χ1v) is 6.01. The fraction of sp³-hybridized carbons (Fsp3) is 1.00. The molecule has 0 amide bonds. The molecule has 0 atom stereocenters. The third-order valence-corrected chi connectivity index (χ3v) is 2.86. The molecule has 4 nitrogen and oxygen atoms in total. The van der Waals surface area contributed by atoms with Gasteiger partial charge in [0.25, 0.3) is 0 Å². The fourth-order valence-corrected chi connectivity index (χ4v) is 1.89. The topological polar surface area (TPSA) is 38.7 Å². The quantitative estimate of drug-likeness (QED) is 0.632. The zero-order valence-corrected chi connectivity index (χ0v) is 10.1. The highest BCUT2D eigenvalue weighted by atomic mass is 16.3. The van der Waals surface area contributed by atoms with Crippen LogP contribution in [0.15, 0.2) is 0 Å². The second kappa shape index (κ2) is 7.17. The summed E-state index contributed by atoms with van der Waals surface area (Å²) in [6.07, 6.45) is 0. The van der Waals surface area contributed by atoms with Gasteiger partial charge in [0.2, 0.25) is 0 Å². The Morgan fingerprint density at radius 3 is 2.07 bits per heavy atom. The maximum absolute atomic E-state index is 8.82. The average molecular weight is 215 g/mol. The number of aliphatic hydroxyl groups is 1. The Labute approximate surface area is 93.2 Å². The molecule has 2 N–H and O–H groups in total. The van der Waals surface area contributed by atoms with Crippen LogP contribution in [0.4, 0.5) is 0 Å². The van der Waals surface area contributed by atoms with Gasteiger partial charge in [-0.15, -0.1) is 0 Å². The Bertz CT molecular complexity index is 156. The molecule has 1 fully saturated rings. The number of aliphatic hydroxyl groups excluding tert-OH is 1. The van der Waals surface area contributed by atoms with E-state index in [1.54, 1.807) is 0 Å². The van der Waals surface area contributed by atoms with Crippen LogP contribution in [-0.2, 0) is 0 Å². The van der Waals surface area contributed by atoms with Gasteiger partial charge < -0.3 is 10.4 Å². The van der Waals surface area contributed by atoms with Crippen LogP contribution in [0.1, 0.15) is 13.8 Å². The van der Waals surface area contributed by atoms with Crippen molar-refractivity contribution in [2.45, 2.75) is 19.9 Å². The number of rotatable bonds is 6. The van der Waals surface area contributed by atoms with Crippen LogP contribution < -0.4 is 5.32 Å². The normalized spacial score (nSPS) is 20.0. The predicted molar refractivity (Wildman–Crippen MR) is 63.1 cm³/mol. The van der Waals surface area contributed by atoms with E-state index in [9.17, 15) is 0 Å². The summed E-state index contributed by atoms with van der Waals surface area (Å²) in [7, 11) is 0. The molecule has 1 saturated heterocycles. The van der Waals surface area contributed by atoms with Gasteiger partial charge in [-0.05, 0) is 0 Å². The number of hydrogen-bond donors (Lipinski definition) is 2. The summed E-state index contributed by atoms with van der Waals surface area (Å²) in [5, 5.41) is 12.3. The van der Waals surface area contributed by atoms with Crippen molar-refractivity contribution in [3.63, 3.8) is 0 Å². The van der Waals surface area contributed by atoms with E-state index in [2.05, 4.69) is 29.0 Å². The largest absolute Gasteiger partial charge is 0.395 e. The van der Waals surface area contributed by atoms with Crippen molar-refractivity contribution in [2.24, 2.45) is 0 Å². The van der Waals surface area contributed by atoms with Crippen molar-refractivity contribution in [1.29, 1.82) is 0 Å². The first-order chi connectivity index (χ1) is 7.22. The Balaban J connectivity index is 2.04. The highest BCUT2D eigenvalue weighted by Gasteiger charge is 2.15. The van der Waals surface area contributed by atoms with Crippen LogP contribution in [0, 0.1) is 0 Å². The monoisotopic (exact) mass is 215 g/mol. The summed E-state index contributed by atoms with van der Waals surface area (Å²) in [5.74, 6) is 0. The lowest BCUT2D eigenvalue weighted by Crippen LogP contribution is -2.49. The maximum atomic E-state index is 8.82. The van der Waals surface area contributed by atoms with Crippen molar-refractivity contribution in [3.8, 4) is 0 Å². The molecule has 0 saturated carbocycles. The van der Waals surface area contributed by atoms with Crippen LogP contribution >= 0.6 is 0 Å². The van der Waals surface area contributed by atoms with Gasteiger partial charge in [0.05, 0.1) is 6.61 Å². The van der Waals surface area contributed by atoms with E-state index in [0.717, 1.165) is 45.8 Å². The molecule has 1 heterocycles. The van der Waals surface area contributed by atoms with E-state index in [1.807, 2.05) is 0 Å². The molecule has 0 spiro atoms. The third-order valence-electron chi connectivity index (χ3n) is 2.86. The minimum absolute atomic E-state index is 0.287. The highest BCUT2D eigenvalue weighted by molar-refractivity contribution is 4.72. The zero-order chi connectivity index (χ0) is 11.1. The lowest BCUT2D eigenvalue weighted by atomic mass is 10.3. The summed E-state index contributed by atoms with van der Waals surface area (Å²) >= 11 is 0. The number of nitrogens with one attached hydrogen (secondary N) is 1. The molecule has 0 aromatic carbocycles. The first-order valence-electron chi connectivity index (χ1n) is 6.01. The molecular formula is C11H25N3O. The van der Waals surface area contributed by atoms with Crippen molar-refractivity contribution in [2.75, 3.05) is 52.4 Å². The fourth-order valence-electron chi connectivity index (χ4n) is 1.89. The van der Waals surface area contributed by atoms with Crippen LogP contribution in [0.3, 0.4) is 0 Å². The molecule has 0 bridgehead atoms. The SMILES string of the molecule is CC(C)NCCN1CCN(CCO)CC1. The van der Waals surface area contributed by atoms with Crippen LogP contribution in [0.2, 0.25) is 0 Å². The van der Waals surface area contributed by atoms with E-state index in [-0.39, 0.29) is 6.61 Å². The Morgan fingerprint density at radius 1 is 1.07 bits per heavy atom. The summed E-state index contributed by atoms with van der Waals surface area (Å²) in [6, 6.07) is 0.584. The lowest BCUT2D eigenvalue weighted by Gasteiger charge is -2.34. The Hall–Kier alpha value is -0.160. The molecule has 1 aliphatic heterocycles. The summed E-state index contributed by atoms with van der Waals surface area (Å²) in [4.78, 5) is 4.82. The standard InChI is InChI=1S/C11H25N3O/c1-11(2)12-3-4-13-5-7-14(8-6-13)9-10-15/h11-12,15H,3-10H2,1-2H3. The third kappa shape index (κ3) is 5.47. The van der Waals surface area contributed by atoms with Gasteiger partial charge in [-0.2, -0.15) is 0 Å². The minimum atomic E-state index is 0.287. The van der Waals surface area contributed by atoms with Crippen LogP contribution in [0.5, 0.6) is 0 Å². The van der Waals surface area contributed by atoms with E-state index >= 15 is 0 Å². The number of β-amino-alcohol motifs (C(OH)–C–C–N with tert-alkyl or cyclic N) is 1. The van der Waals surface area contributed by atoms with E-state index in [0.29, 0.717) is 6.04 Å². The van der Waals surface area contributed by atoms with Crippen LogP contribution in [0.25, 0.3) is 0 Å². The minimum Gasteiger partial charge on any atom is -0.395 e. The van der Waals surface area contributed by atoms with Crippen molar-refractivity contribution < 1.29 is 5.11 Å². The van der Waals surface area contributed by atoms with Gasteiger partial charge >= 0.3 is 0 Å². The molecule has 0 aromatic heterocycles. The highest BCUT2D eigenvalue weighted by Crippen LogP contribution is 1.99. The van der Waals surface area contributed by atoms with Crippen molar-refractivity contribution in [3.05, 3.63) is 0 Å². The summed E-state index contributed by atoms with van der Waals surface area (Å²) < 4.78 is 0. The summed E-state index contributed by atoms with van der Waals surface area (Å²) in [6.45, 7) is 12.2. The first kappa shape index (κ1) is 12.9. The van der Waals surface area contributed by atoms with Gasteiger partial charge in [0.15, 0.2) is 0 Å². The smallest absolute Gasteiger partial charge is 0.0558 e. The molecule has 15 heavy (non-hydrogen) atoms. The van der Waals surface area contributed by atoms with Gasteiger partial charge in [0.1, 0.15) is 0 Å². The Morgan fingerprint density at radius 2 is 1.60 bits per heavy atom. The lowest BCUT2D eigenvalue weighted by molar-refractivity contribution is 0.113. The molecule has 0 radical (unpaired) electrons. The molecule has 90 valence electrons. The Kier molecular flexibility index (Phi) is 6.17. The van der Waals surface area contributed by atoms with Gasteiger partial charge in [-0.25, -0.2) is 0 Å². The zero-order valence-electron chi connectivity index (χ0n) is 10.1. The molecule has 0 aromatic rings. The second-order valence-corrected chi connectivity index (χ2v) is 4.52. The number of hydrogen-bond acceptors (Lipinski definition) is 4. The van der Waals surface area contributed by atoms with E-state index in [1.165, 1.54) is 0 Å². The van der Waals surface area contributed by atoms with Crippen LogP contribution in [-0.4, -0.2) is 73.4 Å². The number of piperazine rings is 1. The molecule has 1 aliphatic rings. The van der Waals surface area contributed by atoms with Crippen molar-refractivity contribution >= 4 is 0 Å². The maximum Gasteiger partial charge on any atom is 0.0558 e. The van der Waals surface area contributed by atoms with Crippen molar-refractivity contribution in [1.82, 2.24) is 15.1 Å². The molecule has 1 rings (SSSR count). The number of nitrogens with zero attached hydrogens (tertiary/aromatic N) is 2. The average Bonchev–Trinajstić information content (AvgIpc) is 2.20. The second-order valence-electron chi connectivity index (χ2n) is 4.52. The van der Waals surface area contributed by atoms with E-state index in [4.69, 9.17) is 5.11 Å². The predicted octanol–water partition coefficient (Wildman–Crippen LogP) is -0.406. The molecule has 0 aliphatic carbocycles. The van der Waals surface area contributed by atoms with Gasteiger partial charge in [-0.3, -0.25) is 9.80 Å². The molecule has 0 unspecified atom stereocenters. The van der Waals surface area contributed by atoms with Gasteiger partial charge in [0, 0.05) is 51.9 Å². The molecule has 4 heteroatoms. The molecular weight excluding hydrogens is 190 g/mol. The van der Waals surface area contributed by atoms with Gasteiger partial charge in [-0.1, -0.05) is 13.8 Å². The van der Waals surface area contributed by atoms with E-state index < -0.39 is 0 Å².